The maximum absolute atomic E-state index is 14.3. The van der Waals surface area contributed by atoms with Gasteiger partial charge in [-0.15, -0.1) is 0 Å². The summed E-state index contributed by atoms with van der Waals surface area (Å²) in [4.78, 5) is 157. The second-order valence-electron chi connectivity index (χ2n) is 29.6. The van der Waals surface area contributed by atoms with Crippen molar-refractivity contribution in [2.75, 3.05) is 165 Å². The van der Waals surface area contributed by atoms with E-state index in [-0.39, 0.29) is 160 Å². The number of amides is 7. The van der Waals surface area contributed by atoms with Crippen LogP contribution in [0.15, 0.2) is 18.2 Å². The topological polar surface area (TPSA) is 637 Å². The van der Waals surface area contributed by atoms with Gasteiger partial charge in [-0.05, 0) is 81.2 Å². The summed E-state index contributed by atoms with van der Waals surface area (Å²) in [5, 5.41) is 136. The van der Waals surface area contributed by atoms with Crippen LogP contribution in [0.2, 0.25) is 0 Å². The molecule has 46 heteroatoms. The number of hydrogen-bond acceptors (Lipinski definition) is 37. The Labute approximate surface area is 704 Å². The number of aliphatic hydroxyl groups is 12. The van der Waals surface area contributed by atoms with E-state index in [1.54, 1.807) is 0 Å². The zero-order valence-electron chi connectivity index (χ0n) is 68.5. The average molecular weight is 1780 g/mol. The van der Waals surface area contributed by atoms with Crippen LogP contribution in [0.25, 0.3) is 0 Å². The van der Waals surface area contributed by atoms with Crippen molar-refractivity contribution < 1.29 is 180 Å². The van der Waals surface area contributed by atoms with Crippen molar-refractivity contribution in [2.24, 2.45) is 23.7 Å². The van der Waals surface area contributed by atoms with E-state index < -0.39 is 247 Å². The summed E-state index contributed by atoms with van der Waals surface area (Å²) in [5.74, 6) is -9.99. The molecular formula is C75H122N7O37PS. The number of aliphatic hydroxyl groups excluding tert-OH is 12. The first kappa shape index (κ1) is 105. The highest BCUT2D eigenvalue weighted by Crippen LogP contribution is 2.43. The van der Waals surface area contributed by atoms with Crippen LogP contribution in [0.4, 0.5) is 0 Å². The molecule has 0 radical (unpaired) electrons. The molecule has 2 saturated carbocycles. The first-order valence-corrected chi connectivity index (χ1v) is 42.4. The van der Waals surface area contributed by atoms with Gasteiger partial charge in [0.05, 0.1) is 110 Å². The fourth-order valence-corrected chi connectivity index (χ4v) is 14.5. The number of ether oxygens (including phenoxy) is 11. The predicted octanol–water partition coefficient (Wildman–Crippen LogP) is -7.57. The van der Waals surface area contributed by atoms with Gasteiger partial charge in [0.2, 0.25) is 29.5 Å². The molecule has 121 heavy (non-hydrogen) atoms. The second-order valence-corrected chi connectivity index (χ2v) is 32.5. The number of rotatable bonds is 58. The van der Waals surface area contributed by atoms with E-state index >= 15 is 0 Å². The van der Waals surface area contributed by atoms with Crippen LogP contribution in [0.3, 0.4) is 0 Å². The lowest BCUT2D eigenvalue weighted by atomic mass is 9.67. The van der Waals surface area contributed by atoms with Gasteiger partial charge in [0.15, 0.2) is 43.1 Å². The smallest absolute Gasteiger partial charge is 0.324 e. The summed E-state index contributed by atoms with van der Waals surface area (Å²) in [6.07, 6.45) is -16.2. The summed E-state index contributed by atoms with van der Waals surface area (Å²) >= 11 is 4.91. The number of nitrogens with zero attached hydrogens (tertiary/aromatic N) is 2. The number of ketones is 4. The summed E-state index contributed by atoms with van der Waals surface area (Å²) in [5.41, 5.74) is -0.289. The van der Waals surface area contributed by atoms with Crippen molar-refractivity contribution in [3.63, 3.8) is 0 Å². The number of carbonyl (C=O) groups is 11. The number of carbonyl (C=O) groups excluding carboxylic acids is 11. The molecule has 690 valence electrons. The van der Waals surface area contributed by atoms with Crippen LogP contribution >= 0.6 is 6.72 Å². The van der Waals surface area contributed by atoms with E-state index in [9.17, 15) is 119 Å². The molecule has 1 aromatic rings. The normalized spacial score (nSPS) is 27.1. The summed E-state index contributed by atoms with van der Waals surface area (Å²) in [6, 6.07) is -0.0793. The Balaban J connectivity index is 1.28. The fourth-order valence-electron chi connectivity index (χ4n) is 13.9. The Hall–Kier alpha value is -6.52. The van der Waals surface area contributed by atoms with Crippen molar-refractivity contribution in [2.45, 2.75) is 183 Å². The first-order valence-electron chi connectivity index (χ1n) is 39.8. The van der Waals surface area contributed by atoms with Gasteiger partial charge < -0.3 is 169 Å². The zero-order valence-corrected chi connectivity index (χ0v) is 70.2. The molecule has 1 aromatic carbocycles. The maximum atomic E-state index is 14.3. The monoisotopic (exact) mass is 1780 g/mol. The Morgan fingerprint density at radius 1 is 0.479 bits per heavy atom. The van der Waals surface area contributed by atoms with E-state index in [2.05, 4.69) is 26.6 Å². The number of benzene rings is 1. The van der Waals surface area contributed by atoms with Crippen LogP contribution < -0.4 is 36.1 Å². The minimum atomic E-state index is -3.96. The lowest BCUT2D eigenvalue weighted by Crippen LogP contribution is -2.64. The third kappa shape index (κ3) is 36.5. The van der Waals surface area contributed by atoms with Crippen molar-refractivity contribution in [1.82, 2.24) is 36.4 Å². The highest BCUT2D eigenvalue weighted by molar-refractivity contribution is 8.07. The molecule has 5 rings (SSSR count). The lowest BCUT2D eigenvalue weighted by molar-refractivity contribution is -0.272. The van der Waals surface area contributed by atoms with Crippen LogP contribution in [-0.2, 0) is 111 Å². The van der Waals surface area contributed by atoms with Gasteiger partial charge in [-0.1, -0.05) is 0 Å². The molecule has 18 N–H and O–H groups in total. The molecule has 44 nitrogen and oxygen atoms in total. The van der Waals surface area contributed by atoms with E-state index in [0.29, 0.717) is 19.3 Å². The van der Waals surface area contributed by atoms with Gasteiger partial charge in [0, 0.05) is 117 Å². The highest BCUT2D eigenvalue weighted by Gasteiger charge is 2.49. The number of nitrogens with one attached hydrogen (secondary N) is 5. The third-order valence-corrected chi connectivity index (χ3v) is 21.9. The largest absolute Gasteiger partial charge is 0.484 e. The summed E-state index contributed by atoms with van der Waals surface area (Å²) in [6.45, 7) is -7.86. The minimum absolute atomic E-state index is 0.00790. The van der Waals surface area contributed by atoms with Gasteiger partial charge in [-0.25, -0.2) is 0 Å². The van der Waals surface area contributed by atoms with E-state index in [1.165, 1.54) is 27.7 Å². The first-order chi connectivity index (χ1) is 57.5. The van der Waals surface area contributed by atoms with Crippen LogP contribution in [-0.4, -0.2) is 404 Å². The Kier molecular flexibility index (Phi) is 47.8. The van der Waals surface area contributed by atoms with Gasteiger partial charge >= 0.3 is 6.72 Å². The summed E-state index contributed by atoms with van der Waals surface area (Å²) in [7, 11) is 1.04. The second kappa shape index (κ2) is 55.1. The quantitative estimate of drug-likeness (QED) is 0.0164. The fraction of sp³-hybridized carbons (Fsp3) is 0.773. The predicted molar refractivity (Wildman–Crippen MR) is 418 cm³/mol. The molecule has 0 spiro atoms. The number of Topliss-reactive ketones (excluding diaryl/α,β-unsaturated/α-hetero) is 4. The van der Waals surface area contributed by atoms with Crippen LogP contribution in [0.1, 0.15) is 95.8 Å². The summed E-state index contributed by atoms with van der Waals surface area (Å²) < 4.78 is 72.7. The molecule has 0 aromatic heterocycles. The van der Waals surface area contributed by atoms with Gasteiger partial charge in [-0.2, -0.15) is 0 Å². The van der Waals surface area contributed by atoms with Crippen molar-refractivity contribution in [1.29, 1.82) is 0 Å². The molecule has 2 saturated heterocycles. The molecule has 2 heterocycles. The standard InChI is InChI=1S/C75H122N7O37PS/c1-42(87)25-54-46(26-48(35-83)66(98)68(54)100)9-6-14-108-17-12-76-59(94)33-81(31-50(91)10-7-15-109-19-22-112-56-29-49(36-84)67(99)71(103)63(56)78-43(2)88)61(96)40-115-52-27-47(55(93)39-117-120(106,121)107-5)28-53(30-52)116-41-62(97)82(32-51(92)11-8-16-110-20-23-113-74-64(79-44(3)89)72(104)69(101)57(37-85)118-74)34-60(95)77-13-18-111-21-24-114-75-65(80-45(4)90)73(105)70(102)58(38-86)119-75/h27-28,30,46,48-49,54,56-58,63-75,83-86,98-105H,6-26,29,31-41H2,1-5H3,(H,76,94)(H,77,95)(H,78,88)(H,79,89)(H,80,90)(H,106,121). The van der Waals surface area contributed by atoms with Crippen LogP contribution in [0, 0.1) is 23.7 Å². The Morgan fingerprint density at radius 3 is 1.35 bits per heavy atom. The zero-order chi connectivity index (χ0) is 89.5. The van der Waals surface area contributed by atoms with Crippen molar-refractivity contribution >= 4 is 83.0 Å². The SMILES string of the molecule is COP(O)(=S)OCC(=O)c1cc(OCC(=O)N(CC(=O)CCCOCCOC2CC(CO)C(O)C(O)C2NC(C)=O)CC(=O)NCCOCCCC2CC(CO)C(O)C(O)C2CC(C)=O)cc(OCC(=O)N(CC(=O)CCCOCCOC2OC(CO)C(O)C(O)C2NC(C)=O)CC(=O)NCCOCCOC2OC(CO)C(O)C(O)C2NC(C)=O)c1. The van der Waals surface area contributed by atoms with E-state index in [4.69, 9.17) is 73.0 Å². The van der Waals surface area contributed by atoms with Gasteiger partial charge in [0.25, 0.3) is 11.8 Å². The number of hydrogen-bond donors (Lipinski definition) is 18. The average Bonchev–Trinajstić information content (AvgIpc) is 0.903. The van der Waals surface area contributed by atoms with Crippen molar-refractivity contribution in [3.05, 3.63) is 23.8 Å². The molecule has 4 aliphatic rings. The van der Waals surface area contributed by atoms with Crippen molar-refractivity contribution in [3.8, 4) is 11.5 Å². The molecule has 4 fully saturated rings. The molecule has 2 aliphatic heterocycles. The lowest BCUT2D eigenvalue weighted by Gasteiger charge is -2.42. The minimum Gasteiger partial charge on any atom is -0.484 e. The molecule has 0 bridgehead atoms. The maximum Gasteiger partial charge on any atom is 0.324 e. The molecule has 21 atom stereocenters. The Morgan fingerprint density at radius 2 is 0.901 bits per heavy atom. The molecule has 2 aliphatic carbocycles. The van der Waals surface area contributed by atoms with E-state index in [1.807, 2.05) is 0 Å². The highest BCUT2D eigenvalue weighted by atomic mass is 32.5. The molecular weight excluding hydrogens is 1650 g/mol. The van der Waals surface area contributed by atoms with Gasteiger partial charge in [-0.3, -0.25) is 47.9 Å². The molecule has 21 unspecified atom stereocenters. The third-order valence-electron chi connectivity index (χ3n) is 20.2. The molecule has 7 amide bonds. The van der Waals surface area contributed by atoms with Gasteiger partial charge in [0.1, 0.15) is 91.8 Å². The van der Waals surface area contributed by atoms with E-state index in [0.717, 1.165) is 35.1 Å². The van der Waals surface area contributed by atoms with Crippen LogP contribution in [0.5, 0.6) is 11.5 Å². The Bertz CT molecular complexity index is 3120.